The van der Waals surface area contributed by atoms with Gasteiger partial charge in [0.05, 0.1) is 5.92 Å². The summed E-state index contributed by atoms with van der Waals surface area (Å²) in [5.41, 5.74) is -0.568. The summed E-state index contributed by atoms with van der Waals surface area (Å²) in [5, 5.41) is 6.79. The summed E-state index contributed by atoms with van der Waals surface area (Å²) in [6, 6.07) is -2.19. The maximum absolute atomic E-state index is 13.5. The van der Waals surface area contributed by atoms with Gasteiger partial charge in [0.25, 0.3) is 0 Å². The van der Waals surface area contributed by atoms with Crippen molar-refractivity contribution < 1.29 is 27.5 Å². The molecule has 4 atom stereocenters. The minimum Gasteiger partial charge on any atom is -0.459 e. The predicted octanol–water partition coefficient (Wildman–Crippen LogP) is 2.54. The monoisotopic (exact) mass is 429 g/mol. The van der Waals surface area contributed by atoms with E-state index in [1.165, 1.54) is 0 Å². The lowest BCUT2D eigenvalue weighted by molar-refractivity contribution is -0.175. The van der Waals surface area contributed by atoms with Crippen molar-refractivity contribution in [2.45, 2.75) is 69.8 Å². The number of cyclic esters (lactones) is 1. The Morgan fingerprint density at radius 1 is 1.40 bits per heavy atom. The molecular weight excluding hydrogens is 403 g/mol. The highest BCUT2D eigenvalue weighted by atomic mass is 19.4. The number of fused-ring (bicyclic) bond motifs is 1. The number of esters is 1. The second-order valence-electron chi connectivity index (χ2n) is 9.10. The third-order valence-electron chi connectivity index (χ3n) is 6.29. The molecular formula is C19H26F3N5O3. The van der Waals surface area contributed by atoms with Gasteiger partial charge in [-0.25, -0.2) is 4.68 Å². The smallest absolute Gasteiger partial charge is 0.411 e. The molecule has 0 aromatic carbocycles. The van der Waals surface area contributed by atoms with E-state index in [0.29, 0.717) is 25.9 Å². The molecule has 1 aromatic heterocycles. The van der Waals surface area contributed by atoms with E-state index in [0.717, 1.165) is 17.4 Å². The molecule has 8 nitrogen and oxygen atoms in total. The number of hydrogen-bond acceptors (Lipinski definition) is 6. The molecule has 166 valence electrons. The van der Waals surface area contributed by atoms with Gasteiger partial charge in [0.2, 0.25) is 11.9 Å². The Bertz CT molecular complexity index is 825. The average molecular weight is 429 g/mol. The highest BCUT2D eigenvalue weighted by Crippen LogP contribution is 2.41. The lowest BCUT2D eigenvalue weighted by atomic mass is 9.85. The first kappa shape index (κ1) is 20.9. The van der Waals surface area contributed by atoms with Gasteiger partial charge >= 0.3 is 12.1 Å². The van der Waals surface area contributed by atoms with Crippen molar-refractivity contribution in [3.05, 3.63) is 6.33 Å². The van der Waals surface area contributed by atoms with Gasteiger partial charge in [0.1, 0.15) is 11.9 Å². The van der Waals surface area contributed by atoms with Crippen molar-refractivity contribution in [2.75, 3.05) is 18.4 Å². The standard InChI is InChI=1S/C19H26F3N5O3/c1-18(2)8-12(16(29)30-18)6-15(28)26-5-3-4-11(9-26)13-7-14(19(20,21)22)27-17(25-13)23-10-24-27/h10-14H,3-9H2,1-2H3,(H,23,24,25)/t11?,12?,13-,14+/m0/s1. The van der Waals surface area contributed by atoms with Crippen molar-refractivity contribution in [3.63, 3.8) is 0 Å². The third kappa shape index (κ3) is 4.11. The fourth-order valence-corrected chi connectivity index (χ4v) is 4.86. The molecule has 3 aliphatic rings. The quantitative estimate of drug-likeness (QED) is 0.743. The normalized spacial score (nSPS) is 31.1. The average Bonchev–Trinajstić information content (AvgIpc) is 3.23. The molecule has 1 amide bonds. The molecule has 30 heavy (non-hydrogen) atoms. The minimum atomic E-state index is -4.43. The van der Waals surface area contributed by atoms with Gasteiger partial charge in [-0.1, -0.05) is 0 Å². The van der Waals surface area contributed by atoms with Crippen molar-refractivity contribution in [3.8, 4) is 0 Å². The second-order valence-corrected chi connectivity index (χ2v) is 9.10. The van der Waals surface area contributed by atoms with E-state index in [-0.39, 0.29) is 36.6 Å². The molecule has 0 bridgehead atoms. The molecule has 2 saturated heterocycles. The fourth-order valence-electron chi connectivity index (χ4n) is 4.86. The fraction of sp³-hybridized carbons (Fsp3) is 0.789. The number of likely N-dealkylation sites (tertiary alicyclic amines) is 1. The van der Waals surface area contributed by atoms with Crippen LogP contribution in [0.15, 0.2) is 6.33 Å². The summed E-state index contributed by atoms with van der Waals surface area (Å²) < 4.78 is 46.8. The molecule has 2 unspecified atom stereocenters. The molecule has 4 heterocycles. The predicted molar refractivity (Wildman–Crippen MR) is 99.3 cm³/mol. The van der Waals surface area contributed by atoms with Crippen LogP contribution in [-0.2, 0) is 14.3 Å². The number of carbonyl (C=O) groups is 2. The largest absolute Gasteiger partial charge is 0.459 e. The number of halogens is 3. The number of aromatic nitrogens is 3. The number of rotatable bonds is 3. The van der Waals surface area contributed by atoms with E-state index in [4.69, 9.17) is 4.74 Å². The van der Waals surface area contributed by atoms with Crippen molar-refractivity contribution in [1.29, 1.82) is 0 Å². The van der Waals surface area contributed by atoms with Crippen LogP contribution in [0.25, 0.3) is 0 Å². The second kappa shape index (κ2) is 7.42. The summed E-state index contributed by atoms with van der Waals surface area (Å²) in [7, 11) is 0. The first-order valence-corrected chi connectivity index (χ1v) is 10.3. The molecule has 0 spiro atoms. The van der Waals surface area contributed by atoms with Crippen LogP contribution in [0, 0.1) is 11.8 Å². The number of nitrogens with zero attached hydrogens (tertiary/aromatic N) is 4. The number of ether oxygens (including phenoxy) is 1. The van der Waals surface area contributed by atoms with E-state index in [1.54, 1.807) is 4.90 Å². The SMILES string of the molecule is CC1(C)CC(CC(=O)N2CCCC([C@@H]3C[C@H](C(F)(F)F)n4ncnc4N3)C2)C(=O)O1. The minimum absolute atomic E-state index is 0.0760. The number of piperidine rings is 1. The maximum Gasteiger partial charge on any atom is 0.411 e. The zero-order valence-electron chi connectivity index (χ0n) is 17.0. The van der Waals surface area contributed by atoms with Crippen molar-refractivity contribution >= 4 is 17.8 Å². The van der Waals surface area contributed by atoms with Gasteiger partial charge in [-0.2, -0.15) is 23.3 Å². The van der Waals surface area contributed by atoms with Crippen LogP contribution in [0.5, 0.6) is 0 Å². The zero-order chi connectivity index (χ0) is 21.7. The van der Waals surface area contributed by atoms with Crippen molar-refractivity contribution in [2.24, 2.45) is 11.8 Å². The zero-order valence-corrected chi connectivity index (χ0v) is 17.0. The highest BCUT2D eigenvalue weighted by Gasteiger charge is 2.48. The molecule has 0 saturated carbocycles. The molecule has 11 heteroatoms. The van der Waals surface area contributed by atoms with Crippen molar-refractivity contribution in [1.82, 2.24) is 19.7 Å². The van der Waals surface area contributed by atoms with Gasteiger partial charge < -0.3 is 15.0 Å². The Balaban J connectivity index is 1.42. The molecule has 4 rings (SSSR count). The molecule has 1 N–H and O–H groups in total. The number of nitrogens with one attached hydrogen (secondary N) is 1. The summed E-state index contributed by atoms with van der Waals surface area (Å²) in [4.78, 5) is 30.4. The van der Waals surface area contributed by atoms with Crippen LogP contribution in [-0.4, -0.2) is 62.4 Å². The van der Waals surface area contributed by atoms with E-state index in [1.807, 2.05) is 13.8 Å². The van der Waals surface area contributed by atoms with E-state index < -0.39 is 29.8 Å². The summed E-state index contributed by atoms with van der Waals surface area (Å²) in [6.07, 6.45) is -1.48. The summed E-state index contributed by atoms with van der Waals surface area (Å²) in [5.74, 6) is -0.999. The number of carbonyl (C=O) groups excluding carboxylic acids is 2. The highest BCUT2D eigenvalue weighted by molar-refractivity contribution is 5.84. The Labute approximate surface area is 172 Å². The molecule has 0 radical (unpaired) electrons. The first-order chi connectivity index (χ1) is 14.0. The Hall–Kier alpha value is -2.33. The third-order valence-corrected chi connectivity index (χ3v) is 6.29. The number of alkyl halides is 3. The lowest BCUT2D eigenvalue weighted by Crippen LogP contribution is -2.49. The molecule has 2 fully saturated rings. The maximum atomic E-state index is 13.5. The Kier molecular flexibility index (Phi) is 5.17. The number of anilines is 1. The van der Waals surface area contributed by atoms with Gasteiger partial charge in [0.15, 0.2) is 6.04 Å². The number of hydrogen-bond donors (Lipinski definition) is 1. The molecule has 3 aliphatic heterocycles. The van der Waals surface area contributed by atoms with Crippen LogP contribution in [0.3, 0.4) is 0 Å². The van der Waals surface area contributed by atoms with Gasteiger partial charge in [-0.3, -0.25) is 9.59 Å². The number of amides is 1. The van der Waals surface area contributed by atoms with Crippen LogP contribution in [0.1, 0.15) is 52.0 Å². The van der Waals surface area contributed by atoms with Crippen LogP contribution in [0.2, 0.25) is 0 Å². The summed E-state index contributed by atoms with van der Waals surface area (Å²) in [6.45, 7) is 4.54. The molecule has 1 aromatic rings. The van der Waals surface area contributed by atoms with Crippen LogP contribution < -0.4 is 5.32 Å². The first-order valence-electron chi connectivity index (χ1n) is 10.3. The van der Waals surface area contributed by atoms with Crippen LogP contribution >= 0.6 is 0 Å². The summed E-state index contributed by atoms with van der Waals surface area (Å²) >= 11 is 0. The van der Waals surface area contributed by atoms with E-state index in [2.05, 4.69) is 15.4 Å². The Morgan fingerprint density at radius 3 is 2.83 bits per heavy atom. The van der Waals surface area contributed by atoms with Crippen LogP contribution in [0.4, 0.5) is 19.1 Å². The van der Waals surface area contributed by atoms with E-state index >= 15 is 0 Å². The van der Waals surface area contributed by atoms with Gasteiger partial charge in [-0.05, 0) is 39.0 Å². The van der Waals surface area contributed by atoms with Gasteiger partial charge in [-0.15, -0.1) is 0 Å². The lowest BCUT2D eigenvalue weighted by Gasteiger charge is -2.41. The molecule has 0 aliphatic carbocycles. The Morgan fingerprint density at radius 2 is 2.17 bits per heavy atom. The van der Waals surface area contributed by atoms with E-state index in [9.17, 15) is 22.8 Å². The topological polar surface area (TPSA) is 89.4 Å². The van der Waals surface area contributed by atoms with Gasteiger partial charge in [0, 0.05) is 32.0 Å².